The summed E-state index contributed by atoms with van der Waals surface area (Å²) < 4.78 is 219. The lowest BCUT2D eigenvalue weighted by Crippen LogP contribution is -2.03. The molecule has 0 unspecified atom stereocenters. The van der Waals surface area contributed by atoms with E-state index in [1.165, 1.54) is 0 Å². The van der Waals surface area contributed by atoms with E-state index in [1.807, 2.05) is 0 Å². The minimum absolute atomic E-state index is 0.305. The fourth-order valence-corrected chi connectivity index (χ4v) is 9.10. The van der Waals surface area contributed by atoms with E-state index in [2.05, 4.69) is 15.0 Å². The Morgan fingerprint density at radius 3 is 0.754 bits per heavy atom. The predicted octanol–water partition coefficient (Wildman–Crippen LogP) is 2.59. The largest absolute Gasteiger partial charge is 0.435 e. The molecule has 30 heteroatoms. The number of oxazole rings is 3. The van der Waals surface area contributed by atoms with Gasteiger partial charge in [-0.25, -0.2) is 15.0 Å². The van der Waals surface area contributed by atoms with Crippen LogP contribution in [0.2, 0.25) is 0 Å². The van der Waals surface area contributed by atoms with Crippen LogP contribution in [-0.4, -0.2) is 92.8 Å². The molecular weight excluding hydrogens is 895 g/mol. The smallest absolute Gasteiger partial charge is 0.298 e. The summed E-state index contributed by atoms with van der Waals surface area (Å²) in [5.41, 5.74) is -4.97. The lowest BCUT2D eigenvalue weighted by molar-refractivity contribution is 0.475. The number of hydrogen-bond donors (Lipinski definition) is 6. The molecule has 0 aliphatic heterocycles. The van der Waals surface area contributed by atoms with Crippen molar-refractivity contribution in [2.45, 2.75) is 29.4 Å². The van der Waals surface area contributed by atoms with Crippen molar-refractivity contribution < 1.29 is 91.1 Å². The van der Waals surface area contributed by atoms with E-state index in [0.717, 1.165) is 18.2 Å². The molecule has 0 spiro atoms. The van der Waals surface area contributed by atoms with Gasteiger partial charge in [0.2, 0.25) is 17.7 Å². The van der Waals surface area contributed by atoms with Crippen LogP contribution in [0, 0.1) is 0 Å². The van der Waals surface area contributed by atoms with Crippen molar-refractivity contribution in [1.82, 2.24) is 15.0 Å². The zero-order valence-electron chi connectivity index (χ0n) is 26.8. The molecule has 0 saturated heterocycles. The van der Waals surface area contributed by atoms with Crippen molar-refractivity contribution in [3.8, 4) is 34.4 Å². The van der Waals surface area contributed by atoms with Gasteiger partial charge >= 0.3 is 0 Å². The molecule has 0 amide bonds. The molecule has 57 heavy (non-hydrogen) atoms. The van der Waals surface area contributed by atoms with Crippen LogP contribution >= 0.6 is 0 Å². The second kappa shape index (κ2) is 12.6. The third-order valence-electron chi connectivity index (χ3n) is 7.69. The summed E-state index contributed by atoms with van der Waals surface area (Å²) in [6.45, 7) is 0. The quantitative estimate of drug-likeness (QED) is 0.113. The fraction of sp³-hybridized carbons (Fsp3) is 0. The summed E-state index contributed by atoms with van der Waals surface area (Å²) in [6.07, 6.45) is 0. The number of aromatic nitrogens is 3. The fourth-order valence-electron chi connectivity index (χ4n) is 5.32. The van der Waals surface area contributed by atoms with Crippen molar-refractivity contribution >= 4 is 94.0 Å². The topological polar surface area (TPSA) is 404 Å². The predicted molar refractivity (Wildman–Crippen MR) is 184 cm³/mol. The summed E-state index contributed by atoms with van der Waals surface area (Å²) in [7, 11) is -31.2. The van der Waals surface area contributed by atoms with Crippen LogP contribution in [0.4, 0.5) is 0 Å². The molecule has 24 nitrogen and oxygen atoms in total. The van der Waals surface area contributed by atoms with Gasteiger partial charge in [0.1, 0.15) is 31.2 Å². The maximum Gasteiger partial charge on any atom is 0.298 e. The van der Waals surface area contributed by atoms with Gasteiger partial charge in [-0.1, -0.05) is 0 Å². The number of fused-ring (bicyclic) bond motifs is 3. The highest BCUT2D eigenvalue weighted by atomic mass is 32.2. The minimum atomic E-state index is -5.29. The Balaban J connectivity index is 1.55. The van der Waals surface area contributed by atoms with Crippen molar-refractivity contribution in [2.24, 2.45) is 0 Å². The van der Waals surface area contributed by atoms with Crippen LogP contribution < -0.4 is 0 Å². The van der Waals surface area contributed by atoms with Crippen LogP contribution in [0.25, 0.3) is 67.7 Å². The van der Waals surface area contributed by atoms with Gasteiger partial charge in [-0.05, 0) is 54.6 Å². The van der Waals surface area contributed by atoms with Crippen molar-refractivity contribution in [3.05, 3.63) is 54.6 Å². The maximum absolute atomic E-state index is 12.2. The van der Waals surface area contributed by atoms with Crippen molar-refractivity contribution in [3.63, 3.8) is 0 Å². The monoisotopic (exact) mass is 909 g/mol. The Labute approximate surface area is 316 Å². The lowest BCUT2D eigenvalue weighted by Gasteiger charge is -2.04. The highest BCUT2D eigenvalue weighted by Gasteiger charge is 2.29. The van der Waals surface area contributed by atoms with Gasteiger partial charge in [0, 0.05) is 16.7 Å². The summed E-state index contributed by atoms with van der Waals surface area (Å²) in [4.78, 5) is 5.38. The highest BCUT2D eigenvalue weighted by Crippen LogP contribution is 2.39. The Kier molecular flexibility index (Phi) is 8.85. The average Bonchev–Trinajstić information content (AvgIpc) is 3.80. The summed E-state index contributed by atoms with van der Waals surface area (Å²) in [5, 5.41) is 0. The van der Waals surface area contributed by atoms with Crippen molar-refractivity contribution in [2.75, 3.05) is 0 Å². The maximum atomic E-state index is 12.2. The van der Waals surface area contributed by atoms with Crippen LogP contribution in [-0.2, 0) is 60.7 Å². The molecule has 0 radical (unpaired) electrons. The molecular formula is C27H15N3O21S6. The van der Waals surface area contributed by atoms with Gasteiger partial charge in [0.05, 0.1) is 14.7 Å². The third-order valence-corrected chi connectivity index (χ3v) is 12.8. The lowest BCUT2D eigenvalue weighted by atomic mass is 10.1. The van der Waals surface area contributed by atoms with Gasteiger partial charge < -0.3 is 13.3 Å². The molecule has 0 fully saturated rings. The SMILES string of the molecule is O=S(=O)(O)c1cc(S(=O)(=O)O)c2oc(-c3cc(-c4nc5cc(S(=O)(=O)O)cc(S(=O)(=O)O)c5o4)cc(-c4nc5cc(S(=O)(=O)O)cc(S(=O)(=O)O)c5o4)c3)nc2c1. The molecule has 0 aliphatic carbocycles. The standard InChI is InChI=1S/C27H15N3O21S6/c31-52(32,33)13-4-16-22(19(7-13)55(40,41)42)49-25(28-16)10-1-11(26-29-17-5-14(53(34,35)36)8-20(23(17)50-26)56(43,44)45)3-12(2-10)27-30-18-6-15(54(37,38)39)9-21(24(18)51-27)57(46,47)48/h1-9H,(H,31,32,33)(H,34,35,36)(H,37,38,39)(H,40,41,42)(H,43,44,45)(H,46,47,48). The number of benzene rings is 4. The van der Waals surface area contributed by atoms with Crippen LogP contribution in [0.3, 0.4) is 0 Å². The zero-order chi connectivity index (χ0) is 42.0. The van der Waals surface area contributed by atoms with E-state index in [-0.39, 0.29) is 16.7 Å². The van der Waals surface area contributed by atoms with Crippen molar-refractivity contribution in [1.29, 1.82) is 0 Å². The molecule has 3 heterocycles. The molecule has 0 bridgehead atoms. The van der Waals surface area contributed by atoms with Gasteiger partial charge in [-0.3, -0.25) is 27.3 Å². The molecule has 7 aromatic rings. The van der Waals surface area contributed by atoms with E-state index in [4.69, 9.17) is 13.3 Å². The Bertz CT molecular complexity index is 3230. The third kappa shape index (κ3) is 7.51. The summed E-state index contributed by atoms with van der Waals surface area (Å²) in [6, 6.07) is 6.22. The minimum Gasteiger partial charge on any atom is -0.435 e. The number of hydrogen-bond acceptors (Lipinski definition) is 18. The van der Waals surface area contributed by atoms with E-state index >= 15 is 0 Å². The second-order valence-electron chi connectivity index (χ2n) is 11.5. The normalized spacial score (nSPS) is 13.6. The molecule has 0 aliphatic rings. The number of rotatable bonds is 9. The highest BCUT2D eigenvalue weighted by molar-refractivity contribution is 7.87. The van der Waals surface area contributed by atoms with E-state index in [1.54, 1.807) is 0 Å². The first-order valence-electron chi connectivity index (χ1n) is 14.3. The van der Waals surface area contributed by atoms with Crippen LogP contribution in [0.1, 0.15) is 0 Å². The molecule has 3 aromatic heterocycles. The molecule has 6 N–H and O–H groups in total. The molecule has 7 rings (SSSR count). The molecule has 4 aromatic carbocycles. The van der Waals surface area contributed by atoms with Gasteiger partial charge in [-0.15, -0.1) is 0 Å². The van der Waals surface area contributed by atoms with E-state index in [9.17, 15) is 77.8 Å². The Hall–Kier alpha value is -5.25. The Morgan fingerprint density at radius 2 is 0.561 bits per heavy atom. The molecule has 0 atom stereocenters. The number of nitrogens with zero attached hydrogens (tertiary/aromatic N) is 3. The summed E-state index contributed by atoms with van der Waals surface area (Å²) in [5.74, 6) is -1.88. The van der Waals surface area contributed by atoms with Crippen LogP contribution in [0.5, 0.6) is 0 Å². The first-order valence-corrected chi connectivity index (χ1v) is 23.0. The van der Waals surface area contributed by atoms with Gasteiger partial charge in [-0.2, -0.15) is 50.5 Å². The molecule has 300 valence electrons. The Morgan fingerprint density at radius 1 is 0.333 bits per heavy atom. The zero-order valence-corrected chi connectivity index (χ0v) is 31.7. The van der Waals surface area contributed by atoms with Gasteiger partial charge in [0.25, 0.3) is 60.7 Å². The summed E-state index contributed by atoms with van der Waals surface area (Å²) >= 11 is 0. The van der Waals surface area contributed by atoms with Gasteiger partial charge in [0.15, 0.2) is 16.7 Å². The van der Waals surface area contributed by atoms with E-state index in [0.29, 0.717) is 36.4 Å². The van der Waals surface area contributed by atoms with E-state index < -0.39 is 141 Å². The van der Waals surface area contributed by atoms with Crippen LogP contribution in [0.15, 0.2) is 97.2 Å². The first-order chi connectivity index (χ1) is 26.0. The first kappa shape index (κ1) is 40.0. The second-order valence-corrected chi connectivity index (χ2v) is 19.9. The average molecular weight is 910 g/mol. The molecule has 0 saturated carbocycles.